The van der Waals surface area contributed by atoms with Crippen LogP contribution >= 0.6 is 11.6 Å². The first-order valence-electron chi connectivity index (χ1n) is 15.8. The highest BCUT2D eigenvalue weighted by atomic mass is 35.5. The van der Waals surface area contributed by atoms with Crippen molar-refractivity contribution in [2.24, 2.45) is 17.8 Å². The van der Waals surface area contributed by atoms with Crippen molar-refractivity contribution >= 4 is 44.4 Å². The minimum absolute atomic E-state index is 0.00150. The summed E-state index contributed by atoms with van der Waals surface area (Å²) in [5.74, 6) is 0.101. The molecule has 0 radical (unpaired) electrons. The highest BCUT2D eigenvalue weighted by molar-refractivity contribution is 7.88. The van der Waals surface area contributed by atoms with E-state index in [0.29, 0.717) is 33.1 Å². The van der Waals surface area contributed by atoms with Gasteiger partial charge in [-0.3, -0.25) is 9.59 Å². The van der Waals surface area contributed by atoms with Gasteiger partial charge in [0.2, 0.25) is 10.0 Å². The molecule has 0 unspecified atom stereocenters. The number of hydrogen-bond acceptors (Lipinski definition) is 6. The number of sulfonamides is 1. The second-order valence-electron chi connectivity index (χ2n) is 13.5. The van der Waals surface area contributed by atoms with Crippen LogP contribution in [0.25, 0.3) is 16.6 Å². The van der Waals surface area contributed by atoms with E-state index in [0.717, 1.165) is 37.7 Å². The van der Waals surface area contributed by atoms with Crippen molar-refractivity contribution in [1.29, 1.82) is 0 Å². The Balaban J connectivity index is 1.17. The Hall–Kier alpha value is -3.99. The normalized spacial score (nSPS) is 24.7. The molecule has 8 rings (SSSR count). The zero-order valence-corrected chi connectivity index (χ0v) is 27.7. The summed E-state index contributed by atoms with van der Waals surface area (Å²) < 4.78 is 34.1. The molecule has 0 saturated heterocycles. The van der Waals surface area contributed by atoms with Crippen molar-refractivity contribution in [1.82, 2.24) is 14.6 Å². The molecule has 9 nitrogen and oxygen atoms in total. The summed E-state index contributed by atoms with van der Waals surface area (Å²) in [6, 6.07) is 21.3. The molecule has 4 aromatic rings. The molecule has 4 fully saturated rings. The first-order valence-corrected chi connectivity index (χ1v) is 18.1. The number of amides is 1. The van der Waals surface area contributed by atoms with Crippen LogP contribution in [0, 0.1) is 17.8 Å². The molecule has 47 heavy (non-hydrogen) atoms. The number of ether oxygens (including phenoxy) is 1. The zero-order valence-electron chi connectivity index (χ0n) is 26.2. The second-order valence-corrected chi connectivity index (χ2v) is 15.7. The van der Waals surface area contributed by atoms with Crippen LogP contribution in [0.3, 0.4) is 0 Å². The summed E-state index contributed by atoms with van der Waals surface area (Å²) in [6.07, 6.45) is 5.69. The number of carbonyl (C=O) groups excluding carboxylic acids is 2. The van der Waals surface area contributed by atoms with E-state index in [4.69, 9.17) is 16.3 Å². The van der Waals surface area contributed by atoms with Crippen LogP contribution in [-0.2, 0) is 21.2 Å². The third-order valence-electron chi connectivity index (χ3n) is 10.2. The molecule has 1 heterocycles. The first-order chi connectivity index (χ1) is 22.4. The van der Waals surface area contributed by atoms with Gasteiger partial charge in [-0.25, -0.2) is 17.9 Å². The van der Waals surface area contributed by atoms with Gasteiger partial charge in [0.15, 0.2) is 5.43 Å². The van der Waals surface area contributed by atoms with E-state index in [9.17, 15) is 22.8 Å². The van der Waals surface area contributed by atoms with Crippen molar-refractivity contribution in [3.8, 4) is 5.69 Å². The first kappa shape index (κ1) is 31.6. The largest absolute Gasteiger partial charge is 0.464 e. The molecule has 4 aliphatic carbocycles. The molecule has 2 N–H and O–H groups in total. The van der Waals surface area contributed by atoms with Gasteiger partial charge >= 0.3 is 5.97 Å². The number of halogens is 1. The van der Waals surface area contributed by atoms with E-state index < -0.39 is 21.5 Å². The third kappa shape index (κ3) is 5.98. The lowest BCUT2D eigenvalue weighted by Crippen LogP contribution is -2.66. The van der Waals surface area contributed by atoms with Crippen molar-refractivity contribution in [2.45, 2.75) is 50.1 Å². The van der Waals surface area contributed by atoms with Crippen LogP contribution in [0.4, 0.5) is 0 Å². The summed E-state index contributed by atoms with van der Waals surface area (Å²) in [4.78, 5) is 40.7. The lowest BCUT2D eigenvalue weighted by molar-refractivity contribution is -0.0347. The number of esters is 1. The molecule has 0 spiro atoms. The van der Waals surface area contributed by atoms with Crippen LogP contribution in [0.1, 0.15) is 64.1 Å². The van der Waals surface area contributed by atoms with Gasteiger partial charge in [-0.1, -0.05) is 41.9 Å². The number of benzene rings is 3. The summed E-state index contributed by atoms with van der Waals surface area (Å²) in [5.41, 5.74) is 2.11. The van der Waals surface area contributed by atoms with Gasteiger partial charge in [0.1, 0.15) is 5.69 Å². The minimum Gasteiger partial charge on any atom is -0.464 e. The van der Waals surface area contributed by atoms with Crippen molar-refractivity contribution in [3.05, 3.63) is 110 Å². The SMILES string of the molecule is COC(=O)c1c(Cc2ccc(C(=O)N[C@H]3[C@@H]4C[C@H]5C[C@H]3C[C@](NS(C)(=O)=O)(C5)C4)cc2)c(=O)c2ccc(Cl)cc2n1-c1ccccc1. The monoisotopic (exact) mass is 673 g/mol. The van der Waals surface area contributed by atoms with Gasteiger partial charge in [-0.15, -0.1) is 0 Å². The summed E-state index contributed by atoms with van der Waals surface area (Å²) in [7, 11) is -2.04. The maximum absolute atomic E-state index is 13.9. The van der Waals surface area contributed by atoms with E-state index in [-0.39, 0.29) is 46.9 Å². The summed E-state index contributed by atoms with van der Waals surface area (Å²) >= 11 is 6.34. The number of hydrogen-bond donors (Lipinski definition) is 2. The second kappa shape index (κ2) is 11.9. The number of methoxy groups -OCH3 is 1. The highest BCUT2D eigenvalue weighted by Gasteiger charge is 2.56. The molecule has 4 bridgehead atoms. The Kier molecular flexibility index (Phi) is 8.01. The maximum Gasteiger partial charge on any atom is 0.355 e. The van der Waals surface area contributed by atoms with Crippen LogP contribution in [0.15, 0.2) is 77.6 Å². The molecule has 3 aromatic carbocycles. The van der Waals surface area contributed by atoms with Crippen molar-refractivity contribution in [3.63, 3.8) is 0 Å². The average molecular weight is 674 g/mol. The number of nitrogens with one attached hydrogen (secondary N) is 2. The predicted octanol–water partition coefficient (Wildman–Crippen LogP) is 5.25. The fraction of sp³-hybridized carbons (Fsp3) is 0.361. The number of carbonyl (C=O) groups is 2. The molecule has 5 atom stereocenters. The Morgan fingerprint density at radius 1 is 0.979 bits per heavy atom. The van der Waals surface area contributed by atoms with Gasteiger partial charge in [0, 0.05) is 45.2 Å². The number of nitrogens with zero attached hydrogens (tertiary/aromatic N) is 1. The average Bonchev–Trinajstić information content (AvgIpc) is 3.02. The Labute approximate surface area is 278 Å². The lowest BCUT2D eigenvalue weighted by atomic mass is 9.51. The third-order valence-corrected chi connectivity index (χ3v) is 11.2. The van der Waals surface area contributed by atoms with E-state index >= 15 is 0 Å². The number of aromatic nitrogens is 1. The topological polar surface area (TPSA) is 124 Å². The van der Waals surface area contributed by atoms with Crippen LogP contribution in [-0.4, -0.2) is 49.8 Å². The van der Waals surface area contributed by atoms with Crippen LogP contribution in [0.2, 0.25) is 5.02 Å². The Morgan fingerprint density at radius 3 is 2.30 bits per heavy atom. The van der Waals surface area contributed by atoms with Gasteiger partial charge in [0.25, 0.3) is 5.91 Å². The molecular formula is C36H36ClN3O6S. The molecule has 244 valence electrons. The number of fused-ring (bicyclic) bond motifs is 1. The summed E-state index contributed by atoms with van der Waals surface area (Å²) in [6.45, 7) is 0. The molecule has 4 aliphatic rings. The van der Waals surface area contributed by atoms with Crippen LogP contribution < -0.4 is 15.5 Å². The van der Waals surface area contributed by atoms with E-state index in [2.05, 4.69) is 10.0 Å². The van der Waals surface area contributed by atoms with Gasteiger partial charge in [-0.2, -0.15) is 0 Å². The van der Waals surface area contributed by atoms with Gasteiger partial charge in [-0.05, 0) is 97.9 Å². The molecule has 0 aliphatic heterocycles. The lowest BCUT2D eigenvalue weighted by Gasteiger charge is -2.59. The van der Waals surface area contributed by atoms with E-state index in [1.165, 1.54) is 13.4 Å². The predicted molar refractivity (Wildman–Crippen MR) is 181 cm³/mol. The Morgan fingerprint density at radius 2 is 1.66 bits per heavy atom. The standard InChI is InChI=1S/C36H36ClN3O6S/c1-46-35(43)32-29(33(41)28-13-12-26(37)17-30(28)40(32)27-6-4-3-5-7-27)16-21-8-10-23(11-9-21)34(42)38-31-24-14-22-15-25(31)20-36(18-22,19-24)39-47(2,44)45/h3-13,17,22,24-25,31,39H,14-16,18-20H2,1-2H3,(H,38,42)/t22-,24+,25-,31-,36-. The minimum atomic E-state index is -3.33. The zero-order chi connectivity index (χ0) is 33.1. The summed E-state index contributed by atoms with van der Waals surface area (Å²) in [5, 5.41) is 4.12. The number of pyridine rings is 1. The molecule has 4 saturated carbocycles. The smallest absolute Gasteiger partial charge is 0.355 e. The van der Waals surface area contributed by atoms with Crippen molar-refractivity contribution in [2.75, 3.05) is 13.4 Å². The number of rotatable bonds is 8. The molecule has 11 heteroatoms. The van der Waals surface area contributed by atoms with Gasteiger partial charge < -0.3 is 14.6 Å². The molecular weight excluding hydrogens is 638 g/mol. The van der Waals surface area contributed by atoms with E-state index in [1.54, 1.807) is 47.0 Å². The maximum atomic E-state index is 13.9. The highest BCUT2D eigenvalue weighted by Crippen LogP contribution is 2.56. The van der Waals surface area contributed by atoms with Crippen LogP contribution in [0.5, 0.6) is 0 Å². The fourth-order valence-electron chi connectivity index (χ4n) is 8.72. The van der Waals surface area contributed by atoms with E-state index in [1.807, 2.05) is 30.3 Å². The van der Waals surface area contributed by atoms with Crippen molar-refractivity contribution < 1.29 is 22.7 Å². The van der Waals surface area contributed by atoms with Gasteiger partial charge in [0.05, 0.1) is 18.9 Å². The quantitative estimate of drug-likeness (QED) is 0.247. The number of para-hydroxylation sites is 1. The fourth-order valence-corrected chi connectivity index (χ4v) is 9.92. The molecule has 1 aromatic heterocycles. The Bertz CT molecular complexity index is 2050. The molecule has 1 amide bonds.